The van der Waals surface area contributed by atoms with Crippen LogP contribution in [0.4, 0.5) is 5.69 Å². The molecule has 0 radical (unpaired) electrons. The highest BCUT2D eigenvalue weighted by atomic mass is 16.5. The van der Waals surface area contributed by atoms with E-state index in [0.717, 1.165) is 144 Å². The Morgan fingerprint density at radius 1 is 0.390 bits per heavy atom. The van der Waals surface area contributed by atoms with Crippen LogP contribution in [0.15, 0.2) is 231 Å². The van der Waals surface area contributed by atoms with E-state index in [1.807, 2.05) is 55.1 Å². The van der Waals surface area contributed by atoms with Crippen LogP contribution in [0.2, 0.25) is 0 Å². The van der Waals surface area contributed by atoms with E-state index >= 15 is 0 Å². The molecule has 82 heavy (non-hydrogen) atoms. The summed E-state index contributed by atoms with van der Waals surface area (Å²) in [6.45, 7) is 7.92. The van der Waals surface area contributed by atoms with Crippen molar-refractivity contribution in [2.24, 2.45) is 0 Å². The van der Waals surface area contributed by atoms with Crippen molar-refractivity contribution in [1.82, 2.24) is 38.2 Å². The number of fused-ring (bicyclic) bond motifs is 21. The topological polar surface area (TPSA) is 109 Å². The van der Waals surface area contributed by atoms with Crippen molar-refractivity contribution in [3.05, 3.63) is 271 Å². The molecule has 1 spiro atoms. The van der Waals surface area contributed by atoms with Crippen LogP contribution in [0, 0.1) is 17.9 Å². The lowest BCUT2D eigenvalue weighted by Gasteiger charge is -2.39. The average molecular weight is 1050 g/mol. The Morgan fingerprint density at radius 3 is 1.35 bits per heavy atom. The summed E-state index contributed by atoms with van der Waals surface area (Å²) in [5.74, 6) is 1.33. The minimum atomic E-state index is -1.07. The molecule has 11 heteroatoms. The molecule has 1 atom stereocenters. The van der Waals surface area contributed by atoms with Crippen molar-refractivity contribution in [2.75, 3.05) is 0 Å². The number of rotatable bonds is 4. The molecule has 0 N–H and O–H groups in total. The van der Waals surface area contributed by atoms with Crippen LogP contribution in [0.25, 0.3) is 126 Å². The number of nitriles is 1. The Labute approximate surface area is 466 Å². The second-order valence-corrected chi connectivity index (χ2v) is 21.2. The van der Waals surface area contributed by atoms with Crippen LogP contribution < -0.4 is 4.74 Å². The maximum Gasteiger partial charge on any atom is 0.188 e. The Balaban J connectivity index is 0.967. The zero-order chi connectivity index (χ0) is 53.9. The lowest BCUT2D eigenvalue weighted by atomic mass is 9.66. The van der Waals surface area contributed by atoms with E-state index in [2.05, 4.69) is 209 Å². The van der Waals surface area contributed by atoms with E-state index in [-0.39, 0.29) is 0 Å². The number of hydrogen-bond acceptors (Lipinski definition) is 6. The number of aromatic nitrogens is 8. The van der Waals surface area contributed by atoms with E-state index in [9.17, 15) is 5.26 Å². The van der Waals surface area contributed by atoms with Crippen LogP contribution in [-0.2, 0) is 5.41 Å². The third-order valence-corrected chi connectivity index (χ3v) is 17.3. The van der Waals surface area contributed by atoms with Gasteiger partial charge in [0.15, 0.2) is 5.69 Å². The van der Waals surface area contributed by atoms with Crippen molar-refractivity contribution in [1.29, 1.82) is 5.26 Å². The summed E-state index contributed by atoms with van der Waals surface area (Å²) in [4.78, 5) is 24.2. The second-order valence-electron chi connectivity index (χ2n) is 21.2. The highest BCUT2D eigenvalue weighted by Crippen LogP contribution is 2.63. The molecular weight excluding hydrogens is 1010 g/mol. The highest BCUT2D eigenvalue weighted by molar-refractivity contribution is 6.13. The second kappa shape index (κ2) is 16.2. The van der Waals surface area contributed by atoms with Gasteiger partial charge in [0.05, 0.1) is 104 Å². The Hall–Kier alpha value is -11.7. The van der Waals surface area contributed by atoms with Gasteiger partial charge in [-0.1, -0.05) is 109 Å². The summed E-state index contributed by atoms with van der Waals surface area (Å²) in [5, 5.41) is 18.5. The molecule has 18 rings (SSSR count). The van der Waals surface area contributed by atoms with Crippen LogP contribution >= 0.6 is 0 Å². The first-order valence-electron chi connectivity index (χ1n) is 27.1. The molecule has 9 heterocycles. The predicted octanol–water partition coefficient (Wildman–Crippen LogP) is 16.5. The summed E-state index contributed by atoms with van der Waals surface area (Å²) >= 11 is 0. The maximum absolute atomic E-state index is 10.0. The number of para-hydroxylation sites is 5. The zero-order valence-corrected chi connectivity index (χ0v) is 43.3. The molecule has 0 amide bonds. The number of hydrogen-bond donors (Lipinski definition) is 0. The fourth-order valence-electron chi connectivity index (χ4n) is 14.0. The molecular formula is C71H38N10O. The first-order valence-corrected chi connectivity index (χ1v) is 27.1. The zero-order valence-electron chi connectivity index (χ0n) is 43.3. The third kappa shape index (κ3) is 5.74. The van der Waals surface area contributed by atoms with E-state index in [1.165, 1.54) is 0 Å². The van der Waals surface area contributed by atoms with Crippen molar-refractivity contribution in [2.45, 2.75) is 5.41 Å². The summed E-state index contributed by atoms with van der Waals surface area (Å²) in [6.07, 6.45) is 9.57. The van der Waals surface area contributed by atoms with Gasteiger partial charge in [0.25, 0.3) is 0 Å². The molecule has 11 nitrogen and oxygen atoms in total. The van der Waals surface area contributed by atoms with Crippen molar-refractivity contribution in [3.63, 3.8) is 0 Å². The SMILES string of the molecule is [C-]#[N+]c1ccc2c(c1)c1ccccc1n2-c1ccc2c(c1)Oc1cc(-n3c4ccccc4c4cc(C#N)ncc43)ccc1C21c2cc(-n3c4ccccc4c4ccccc43)cnc2-c2ncc(-n3c4ccccc4c4ccncc43)cc21. The molecule has 16 aromatic rings. The Kier molecular flexibility index (Phi) is 8.76. The maximum atomic E-state index is 10.0. The molecule has 2 aliphatic rings. The lowest BCUT2D eigenvalue weighted by Crippen LogP contribution is -2.32. The van der Waals surface area contributed by atoms with Gasteiger partial charge in [-0.25, -0.2) is 9.83 Å². The van der Waals surface area contributed by atoms with Crippen LogP contribution in [0.1, 0.15) is 27.9 Å². The quantitative estimate of drug-likeness (QED) is 0.162. The van der Waals surface area contributed by atoms with E-state index < -0.39 is 5.41 Å². The minimum absolute atomic E-state index is 0.353. The fraction of sp³-hybridized carbons (Fsp3) is 0.0141. The lowest BCUT2D eigenvalue weighted by molar-refractivity contribution is 0.436. The van der Waals surface area contributed by atoms with Gasteiger partial charge >= 0.3 is 0 Å². The number of ether oxygens (including phenoxy) is 1. The smallest absolute Gasteiger partial charge is 0.188 e. The molecule has 1 aliphatic carbocycles. The molecule has 1 unspecified atom stereocenters. The summed E-state index contributed by atoms with van der Waals surface area (Å²) < 4.78 is 16.6. The molecule has 8 aromatic carbocycles. The van der Waals surface area contributed by atoms with E-state index in [1.54, 1.807) is 6.20 Å². The average Bonchev–Trinajstić information content (AvgIpc) is 4.01. The Bertz CT molecular complexity index is 5170. The first kappa shape index (κ1) is 44.3. The normalized spacial score (nSPS) is 14.2. The molecule has 1 aliphatic heterocycles. The van der Waals surface area contributed by atoms with Crippen molar-refractivity contribution >= 4 is 92.9 Å². The van der Waals surface area contributed by atoms with E-state index in [0.29, 0.717) is 22.9 Å². The van der Waals surface area contributed by atoms with Gasteiger partial charge in [0.1, 0.15) is 23.3 Å². The fourth-order valence-corrected chi connectivity index (χ4v) is 14.0. The van der Waals surface area contributed by atoms with Crippen molar-refractivity contribution in [3.8, 4) is 51.7 Å². The van der Waals surface area contributed by atoms with Crippen LogP contribution in [-0.4, -0.2) is 38.2 Å². The van der Waals surface area contributed by atoms with Gasteiger partial charge in [-0.3, -0.25) is 15.0 Å². The van der Waals surface area contributed by atoms with Crippen LogP contribution in [0.5, 0.6) is 11.5 Å². The van der Waals surface area contributed by atoms with Gasteiger partial charge in [-0.15, -0.1) is 0 Å². The molecule has 0 saturated heterocycles. The van der Waals surface area contributed by atoms with Gasteiger partial charge < -0.3 is 23.0 Å². The first-order chi connectivity index (χ1) is 40.6. The molecule has 0 fully saturated rings. The van der Waals surface area contributed by atoms with Gasteiger partial charge in [-0.05, 0) is 84.2 Å². The molecule has 378 valence electrons. The standard InChI is InChI=1S/C71H38N10O/c1-73-41-22-27-64-53(30-41)50-15-5-10-20-62(50)78(64)43-23-25-55-67(34-43)82-68-35-44(79-63-21-11-6-16-51(63)54-31-42(36-72)75-40-66(54)79)24-26-56(68)71(55)57-32-45(80-59-17-7-2-12-47(59)48-13-3-8-18-60(48)80)37-76-69(57)70-58(71)33-46(38-77-70)81-61-19-9-4-14-49(61)52-28-29-74-39-65(52)81/h2-35,37-40H. The van der Waals surface area contributed by atoms with E-state index in [4.69, 9.17) is 21.3 Å². The third-order valence-electron chi connectivity index (χ3n) is 17.3. The monoisotopic (exact) mass is 1050 g/mol. The van der Waals surface area contributed by atoms with Crippen LogP contribution in [0.3, 0.4) is 0 Å². The molecule has 0 saturated carbocycles. The molecule has 8 aromatic heterocycles. The molecule has 0 bridgehead atoms. The number of benzene rings is 8. The highest BCUT2D eigenvalue weighted by Gasteiger charge is 2.53. The van der Waals surface area contributed by atoms with Gasteiger partial charge in [-0.2, -0.15) is 5.26 Å². The summed E-state index contributed by atoms with van der Waals surface area (Å²) in [6, 6.07) is 72.3. The summed E-state index contributed by atoms with van der Waals surface area (Å²) in [7, 11) is 0. The largest absolute Gasteiger partial charge is 0.457 e. The van der Waals surface area contributed by atoms with Gasteiger partial charge in [0.2, 0.25) is 0 Å². The summed E-state index contributed by atoms with van der Waals surface area (Å²) in [5.41, 5.74) is 16.8. The predicted molar refractivity (Wildman–Crippen MR) is 323 cm³/mol. The van der Waals surface area contributed by atoms with Crippen molar-refractivity contribution < 1.29 is 4.74 Å². The number of nitrogens with zero attached hydrogens (tertiary/aromatic N) is 10. The number of pyridine rings is 4. The minimum Gasteiger partial charge on any atom is -0.457 e. The van der Waals surface area contributed by atoms with Gasteiger partial charge in [0, 0.05) is 89.7 Å². The Morgan fingerprint density at radius 2 is 0.829 bits per heavy atom.